The average Bonchev–Trinajstić information content (AvgIpc) is 2.66. The summed E-state index contributed by atoms with van der Waals surface area (Å²) in [6, 6.07) is 7.80. The monoisotopic (exact) mass is 341 g/mol. The van der Waals surface area contributed by atoms with Crippen molar-refractivity contribution in [1.29, 1.82) is 0 Å². The van der Waals surface area contributed by atoms with E-state index < -0.39 is 0 Å². The molecular weight excluding hydrogens is 318 g/mol. The van der Waals surface area contributed by atoms with E-state index in [-0.39, 0.29) is 16.9 Å². The molecule has 1 aliphatic rings. The average molecular weight is 342 g/mol. The Balaban J connectivity index is 1.93. The molecular formula is C16H24BrNO2. The lowest BCUT2D eigenvalue weighted by Crippen LogP contribution is -2.43. The molecule has 112 valence electrons. The van der Waals surface area contributed by atoms with Crippen LogP contribution in [0.2, 0.25) is 0 Å². The molecule has 4 heteroatoms. The quantitative estimate of drug-likeness (QED) is 0.863. The molecule has 1 aromatic rings. The molecule has 1 saturated carbocycles. The second-order valence-electron chi connectivity index (χ2n) is 6.51. The number of aliphatic hydroxyl groups excluding tert-OH is 1. The third kappa shape index (κ3) is 3.18. The highest BCUT2D eigenvalue weighted by atomic mass is 79.9. The SMILES string of the molecule is CC1(C)CCC(CN)(CCOc2ccc(Br)cc2)C1O. The Morgan fingerprint density at radius 1 is 1.30 bits per heavy atom. The number of rotatable bonds is 5. The molecule has 1 fully saturated rings. The van der Waals surface area contributed by atoms with Crippen molar-refractivity contribution in [3.8, 4) is 5.75 Å². The van der Waals surface area contributed by atoms with E-state index in [1.165, 1.54) is 0 Å². The molecule has 3 nitrogen and oxygen atoms in total. The number of nitrogens with two attached hydrogens (primary N) is 1. The molecule has 20 heavy (non-hydrogen) atoms. The predicted molar refractivity (Wildman–Crippen MR) is 84.8 cm³/mol. The van der Waals surface area contributed by atoms with Crippen molar-refractivity contribution < 1.29 is 9.84 Å². The van der Waals surface area contributed by atoms with Crippen molar-refractivity contribution in [3.05, 3.63) is 28.7 Å². The fourth-order valence-electron chi connectivity index (χ4n) is 3.15. The van der Waals surface area contributed by atoms with Crippen molar-refractivity contribution in [3.63, 3.8) is 0 Å². The Morgan fingerprint density at radius 3 is 2.45 bits per heavy atom. The van der Waals surface area contributed by atoms with E-state index >= 15 is 0 Å². The Kier molecular flexibility index (Phi) is 4.77. The van der Waals surface area contributed by atoms with Crippen LogP contribution < -0.4 is 10.5 Å². The number of hydrogen-bond acceptors (Lipinski definition) is 3. The minimum atomic E-state index is -0.353. The highest BCUT2D eigenvalue weighted by Gasteiger charge is 2.50. The number of halogens is 1. The lowest BCUT2D eigenvalue weighted by molar-refractivity contribution is -0.0147. The van der Waals surface area contributed by atoms with Crippen LogP contribution >= 0.6 is 15.9 Å². The lowest BCUT2D eigenvalue weighted by atomic mass is 9.76. The first-order chi connectivity index (χ1) is 9.39. The molecule has 2 unspecified atom stereocenters. The van der Waals surface area contributed by atoms with Crippen molar-refractivity contribution >= 4 is 15.9 Å². The first-order valence-corrected chi connectivity index (χ1v) is 7.95. The summed E-state index contributed by atoms with van der Waals surface area (Å²) >= 11 is 3.40. The summed E-state index contributed by atoms with van der Waals surface area (Å²) in [5.74, 6) is 0.854. The van der Waals surface area contributed by atoms with Crippen LogP contribution in [0.15, 0.2) is 28.7 Å². The van der Waals surface area contributed by atoms with E-state index in [1.807, 2.05) is 24.3 Å². The van der Waals surface area contributed by atoms with E-state index in [1.54, 1.807) is 0 Å². The van der Waals surface area contributed by atoms with Crippen LogP contribution in [0, 0.1) is 10.8 Å². The molecule has 0 bridgehead atoms. The zero-order valence-corrected chi connectivity index (χ0v) is 13.8. The van der Waals surface area contributed by atoms with Crippen LogP contribution in [-0.2, 0) is 0 Å². The van der Waals surface area contributed by atoms with Crippen LogP contribution in [0.3, 0.4) is 0 Å². The van der Waals surface area contributed by atoms with Gasteiger partial charge >= 0.3 is 0 Å². The van der Waals surface area contributed by atoms with Crippen molar-refractivity contribution in [2.24, 2.45) is 16.6 Å². The predicted octanol–water partition coefficient (Wildman–Crippen LogP) is 3.34. The summed E-state index contributed by atoms with van der Waals surface area (Å²) in [7, 11) is 0. The lowest BCUT2D eigenvalue weighted by Gasteiger charge is -2.35. The third-order valence-electron chi connectivity index (χ3n) is 4.68. The van der Waals surface area contributed by atoms with Crippen molar-refractivity contribution in [2.75, 3.05) is 13.2 Å². The molecule has 0 aromatic heterocycles. The van der Waals surface area contributed by atoms with E-state index in [4.69, 9.17) is 10.5 Å². The summed E-state index contributed by atoms with van der Waals surface area (Å²) in [6.45, 7) is 5.34. The van der Waals surface area contributed by atoms with Crippen molar-refractivity contribution in [1.82, 2.24) is 0 Å². The smallest absolute Gasteiger partial charge is 0.119 e. The number of aliphatic hydroxyl groups is 1. The van der Waals surface area contributed by atoms with Gasteiger partial charge in [-0.15, -0.1) is 0 Å². The summed E-state index contributed by atoms with van der Waals surface area (Å²) in [5.41, 5.74) is 5.72. The van der Waals surface area contributed by atoms with Gasteiger partial charge in [0.1, 0.15) is 5.75 Å². The van der Waals surface area contributed by atoms with Crippen LogP contribution in [0.1, 0.15) is 33.1 Å². The molecule has 2 atom stereocenters. The zero-order valence-electron chi connectivity index (χ0n) is 12.2. The maximum atomic E-state index is 10.6. The molecule has 1 aliphatic carbocycles. The van der Waals surface area contributed by atoms with E-state index in [9.17, 15) is 5.11 Å². The van der Waals surface area contributed by atoms with Gasteiger partial charge in [-0.05, 0) is 48.9 Å². The normalized spacial score (nSPS) is 28.6. The van der Waals surface area contributed by atoms with Crippen LogP contribution in [0.25, 0.3) is 0 Å². The Morgan fingerprint density at radius 2 is 1.95 bits per heavy atom. The summed E-state index contributed by atoms with van der Waals surface area (Å²) in [5, 5.41) is 10.6. The Labute approximate surface area is 129 Å². The minimum Gasteiger partial charge on any atom is -0.494 e. The third-order valence-corrected chi connectivity index (χ3v) is 5.21. The van der Waals surface area contributed by atoms with Crippen LogP contribution in [0.5, 0.6) is 5.75 Å². The zero-order chi connectivity index (χ0) is 14.8. The van der Waals surface area contributed by atoms with E-state index in [0.717, 1.165) is 29.5 Å². The highest BCUT2D eigenvalue weighted by Crippen LogP contribution is 2.50. The minimum absolute atomic E-state index is 0.0447. The standard InChI is InChI=1S/C16H24BrNO2/c1-15(2)7-8-16(11-18,14(15)19)9-10-20-13-5-3-12(17)4-6-13/h3-6,14,19H,7-11,18H2,1-2H3. The topological polar surface area (TPSA) is 55.5 Å². The second kappa shape index (κ2) is 6.04. The largest absolute Gasteiger partial charge is 0.494 e. The Bertz CT molecular complexity index is 446. The first kappa shape index (κ1) is 15.8. The molecule has 0 aliphatic heterocycles. The van der Waals surface area contributed by atoms with Gasteiger partial charge in [0.15, 0.2) is 0 Å². The summed E-state index contributed by atoms with van der Waals surface area (Å²) in [4.78, 5) is 0. The van der Waals surface area contributed by atoms with Gasteiger partial charge in [-0.25, -0.2) is 0 Å². The second-order valence-corrected chi connectivity index (χ2v) is 7.43. The maximum Gasteiger partial charge on any atom is 0.119 e. The molecule has 2 rings (SSSR count). The van der Waals surface area contributed by atoms with Gasteiger partial charge in [0.25, 0.3) is 0 Å². The van der Waals surface area contributed by atoms with E-state index in [2.05, 4.69) is 29.8 Å². The van der Waals surface area contributed by atoms with Gasteiger partial charge in [-0.1, -0.05) is 29.8 Å². The van der Waals surface area contributed by atoms with Gasteiger partial charge in [0.05, 0.1) is 12.7 Å². The van der Waals surface area contributed by atoms with E-state index in [0.29, 0.717) is 13.2 Å². The maximum absolute atomic E-state index is 10.6. The van der Waals surface area contributed by atoms with Gasteiger partial charge < -0.3 is 15.6 Å². The number of hydrogen-bond donors (Lipinski definition) is 2. The molecule has 0 heterocycles. The number of ether oxygens (including phenoxy) is 1. The number of benzene rings is 1. The summed E-state index contributed by atoms with van der Waals surface area (Å²) in [6.07, 6.45) is 2.43. The molecule has 0 saturated heterocycles. The fourth-order valence-corrected chi connectivity index (χ4v) is 3.42. The van der Waals surface area contributed by atoms with Crippen molar-refractivity contribution in [2.45, 2.75) is 39.2 Å². The van der Waals surface area contributed by atoms with Gasteiger partial charge in [-0.3, -0.25) is 0 Å². The molecule has 0 radical (unpaired) electrons. The van der Waals surface area contributed by atoms with Gasteiger partial charge in [0.2, 0.25) is 0 Å². The van der Waals surface area contributed by atoms with Gasteiger partial charge in [0, 0.05) is 16.4 Å². The molecule has 0 spiro atoms. The van der Waals surface area contributed by atoms with Gasteiger partial charge in [-0.2, -0.15) is 0 Å². The summed E-state index contributed by atoms with van der Waals surface area (Å²) < 4.78 is 6.82. The highest BCUT2D eigenvalue weighted by molar-refractivity contribution is 9.10. The molecule has 1 aromatic carbocycles. The van der Waals surface area contributed by atoms with Crippen LogP contribution in [-0.4, -0.2) is 24.4 Å². The first-order valence-electron chi connectivity index (χ1n) is 7.16. The molecule has 3 N–H and O–H groups in total. The van der Waals surface area contributed by atoms with Crippen LogP contribution in [0.4, 0.5) is 0 Å². The molecule has 0 amide bonds. The Hall–Kier alpha value is -0.580. The fraction of sp³-hybridized carbons (Fsp3) is 0.625.